The zero-order valence-electron chi connectivity index (χ0n) is 11.1. The summed E-state index contributed by atoms with van der Waals surface area (Å²) < 4.78 is 1.36. The number of H-pyrrole nitrogens is 1. The van der Waals surface area contributed by atoms with Crippen molar-refractivity contribution in [2.45, 2.75) is 0 Å². The van der Waals surface area contributed by atoms with Crippen molar-refractivity contribution in [1.82, 2.24) is 14.5 Å². The van der Waals surface area contributed by atoms with Crippen LogP contribution in [0.3, 0.4) is 0 Å². The van der Waals surface area contributed by atoms with E-state index < -0.39 is 5.69 Å². The molecule has 0 aliphatic heterocycles. The number of fused-ring (bicyclic) bond motifs is 1. The monoisotopic (exact) mass is 302 g/mol. The Bertz CT molecular complexity index is 946. The second-order valence-electron chi connectivity index (χ2n) is 4.40. The molecule has 2 heterocycles. The lowest BCUT2D eigenvalue weighted by molar-refractivity contribution is 0.953. The second-order valence-corrected chi connectivity index (χ2v) is 4.84. The van der Waals surface area contributed by atoms with Gasteiger partial charge in [0.15, 0.2) is 0 Å². The normalized spacial score (nSPS) is 10.8. The number of halogens is 1. The minimum absolute atomic E-state index is 0.299. The van der Waals surface area contributed by atoms with Gasteiger partial charge in [0, 0.05) is 29.7 Å². The summed E-state index contributed by atoms with van der Waals surface area (Å²) in [5.41, 5.74) is 0.232. The highest BCUT2D eigenvalue weighted by Gasteiger charge is 2.12. The number of aromatic amines is 1. The molecule has 1 aromatic carbocycles. The number of pyridine rings is 1. The maximum Gasteiger partial charge on any atom is 0.354 e. The first kappa shape index (κ1) is 13.4. The average Bonchev–Trinajstić information content (AvgIpc) is 2.46. The minimum atomic E-state index is -0.486. The van der Waals surface area contributed by atoms with Gasteiger partial charge >= 0.3 is 5.69 Å². The number of anilines is 1. The fraction of sp³-hybridized carbons (Fsp3) is 0.0714. The van der Waals surface area contributed by atoms with Gasteiger partial charge in [0.05, 0.1) is 11.2 Å². The van der Waals surface area contributed by atoms with Crippen molar-refractivity contribution in [2.24, 2.45) is 0 Å². The van der Waals surface area contributed by atoms with Gasteiger partial charge in [-0.1, -0.05) is 11.6 Å². The molecule has 0 bridgehead atoms. The van der Waals surface area contributed by atoms with Crippen LogP contribution in [0.5, 0.6) is 0 Å². The molecule has 7 heteroatoms. The van der Waals surface area contributed by atoms with E-state index >= 15 is 0 Å². The molecular formula is C14H11ClN4O2. The number of nitrogens with one attached hydrogen (secondary N) is 2. The number of rotatable bonds is 2. The number of benzene rings is 1. The summed E-state index contributed by atoms with van der Waals surface area (Å²) in [7, 11) is 1.69. The van der Waals surface area contributed by atoms with Crippen LogP contribution < -0.4 is 16.6 Å². The van der Waals surface area contributed by atoms with Crippen molar-refractivity contribution in [1.29, 1.82) is 0 Å². The summed E-state index contributed by atoms with van der Waals surface area (Å²) in [5.74, 6) is 0.466. The summed E-state index contributed by atoms with van der Waals surface area (Å²) in [6.45, 7) is 0. The molecule has 0 fully saturated rings. The number of hydrogen-bond acceptors (Lipinski definition) is 4. The topological polar surface area (TPSA) is 79.8 Å². The molecule has 0 amide bonds. The molecule has 0 saturated heterocycles. The quantitative estimate of drug-likeness (QED) is 0.756. The van der Waals surface area contributed by atoms with Crippen LogP contribution >= 0.6 is 11.6 Å². The van der Waals surface area contributed by atoms with E-state index in [2.05, 4.69) is 15.3 Å². The summed E-state index contributed by atoms with van der Waals surface area (Å²) in [4.78, 5) is 30.3. The highest BCUT2D eigenvalue weighted by atomic mass is 35.5. The van der Waals surface area contributed by atoms with Gasteiger partial charge in [0.2, 0.25) is 5.56 Å². The lowest BCUT2D eigenvalue weighted by atomic mass is 10.2. The van der Waals surface area contributed by atoms with E-state index in [0.29, 0.717) is 22.0 Å². The van der Waals surface area contributed by atoms with E-state index in [1.807, 2.05) is 0 Å². The minimum Gasteiger partial charge on any atom is -0.372 e. The molecule has 6 nitrogen and oxygen atoms in total. The van der Waals surface area contributed by atoms with E-state index in [9.17, 15) is 9.59 Å². The second kappa shape index (κ2) is 5.06. The zero-order valence-corrected chi connectivity index (χ0v) is 11.8. The first-order valence-corrected chi connectivity index (χ1v) is 6.57. The van der Waals surface area contributed by atoms with Gasteiger partial charge in [-0.15, -0.1) is 0 Å². The molecule has 106 valence electrons. The molecule has 3 aromatic rings. The molecule has 0 spiro atoms. The zero-order chi connectivity index (χ0) is 15.0. The Labute approximate surface area is 124 Å². The van der Waals surface area contributed by atoms with Crippen molar-refractivity contribution in [2.75, 3.05) is 12.4 Å². The van der Waals surface area contributed by atoms with Gasteiger partial charge in [0.25, 0.3) is 0 Å². The first-order valence-electron chi connectivity index (χ1n) is 6.19. The molecule has 2 aromatic heterocycles. The molecular weight excluding hydrogens is 292 g/mol. The van der Waals surface area contributed by atoms with Gasteiger partial charge in [-0.3, -0.25) is 9.36 Å². The van der Waals surface area contributed by atoms with E-state index in [1.165, 1.54) is 16.8 Å². The summed E-state index contributed by atoms with van der Waals surface area (Å²) in [6, 6.07) is 8.13. The van der Waals surface area contributed by atoms with Crippen molar-refractivity contribution in [3.63, 3.8) is 0 Å². The molecule has 2 N–H and O–H groups in total. The largest absolute Gasteiger partial charge is 0.372 e. The van der Waals surface area contributed by atoms with Crippen LogP contribution in [0.2, 0.25) is 5.02 Å². The van der Waals surface area contributed by atoms with E-state index in [-0.39, 0.29) is 5.56 Å². The third-order valence-electron chi connectivity index (χ3n) is 3.11. The van der Waals surface area contributed by atoms with Gasteiger partial charge in [0.1, 0.15) is 5.82 Å². The van der Waals surface area contributed by atoms with Crippen LogP contribution in [-0.2, 0) is 0 Å². The Morgan fingerprint density at radius 2 is 2.05 bits per heavy atom. The third kappa shape index (κ3) is 2.30. The lowest BCUT2D eigenvalue weighted by Crippen LogP contribution is -2.24. The maximum absolute atomic E-state index is 12.3. The molecule has 3 rings (SSSR count). The number of aromatic nitrogens is 3. The maximum atomic E-state index is 12.3. The number of hydrogen-bond donors (Lipinski definition) is 2. The molecule has 0 aliphatic carbocycles. The van der Waals surface area contributed by atoms with E-state index in [4.69, 9.17) is 11.6 Å². The van der Waals surface area contributed by atoms with E-state index in [0.717, 1.165) is 5.39 Å². The Morgan fingerprint density at radius 3 is 2.76 bits per heavy atom. The van der Waals surface area contributed by atoms with Gasteiger partial charge < -0.3 is 10.3 Å². The average molecular weight is 303 g/mol. The highest BCUT2D eigenvalue weighted by molar-refractivity contribution is 6.31. The van der Waals surface area contributed by atoms with Crippen LogP contribution in [0.15, 0.2) is 46.1 Å². The van der Waals surface area contributed by atoms with Gasteiger partial charge in [-0.2, -0.15) is 4.98 Å². The van der Waals surface area contributed by atoms with Crippen LogP contribution in [0.1, 0.15) is 0 Å². The summed E-state index contributed by atoms with van der Waals surface area (Å²) in [5, 5.41) is 4.12. The van der Waals surface area contributed by atoms with Crippen LogP contribution in [0.25, 0.3) is 16.6 Å². The molecule has 0 saturated carbocycles. The summed E-state index contributed by atoms with van der Waals surface area (Å²) >= 11 is 6.03. The summed E-state index contributed by atoms with van der Waals surface area (Å²) in [6.07, 6.45) is 1.48. The van der Waals surface area contributed by atoms with Crippen molar-refractivity contribution in [3.05, 3.63) is 62.4 Å². The van der Waals surface area contributed by atoms with Crippen molar-refractivity contribution >= 4 is 28.3 Å². The Hall–Kier alpha value is -2.60. The Balaban J connectivity index is 2.47. The smallest absolute Gasteiger partial charge is 0.354 e. The fourth-order valence-electron chi connectivity index (χ4n) is 2.21. The van der Waals surface area contributed by atoms with Gasteiger partial charge in [-0.25, -0.2) is 4.79 Å². The first-order chi connectivity index (χ1) is 10.1. The lowest BCUT2D eigenvalue weighted by Gasteiger charge is -2.12. The predicted molar refractivity (Wildman–Crippen MR) is 82.5 cm³/mol. The van der Waals surface area contributed by atoms with Crippen molar-refractivity contribution in [3.8, 4) is 5.69 Å². The molecule has 0 aliphatic rings. The van der Waals surface area contributed by atoms with Crippen molar-refractivity contribution < 1.29 is 0 Å². The van der Waals surface area contributed by atoms with Crippen LogP contribution in [-0.4, -0.2) is 21.6 Å². The standard InChI is InChI=1S/C14H11ClN4O2/c1-16-13-10-3-2-8(15)6-11(10)19(14(21)18-13)9-4-5-17-12(20)7-9/h2-7H,1H3,(H,17,20)(H,16,18,21). The van der Waals surface area contributed by atoms with E-state index in [1.54, 1.807) is 31.3 Å². The van der Waals surface area contributed by atoms with Crippen LogP contribution in [0, 0.1) is 0 Å². The van der Waals surface area contributed by atoms with Gasteiger partial charge in [-0.05, 0) is 24.3 Å². The third-order valence-corrected chi connectivity index (χ3v) is 3.34. The molecule has 0 unspecified atom stereocenters. The Morgan fingerprint density at radius 1 is 1.24 bits per heavy atom. The molecule has 21 heavy (non-hydrogen) atoms. The molecule has 0 radical (unpaired) electrons. The Kier molecular flexibility index (Phi) is 3.23. The SMILES string of the molecule is CNc1nc(=O)n(-c2cc[nH]c(=O)c2)c2cc(Cl)ccc12. The number of nitrogens with zero attached hydrogens (tertiary/aromatic N) is 2. The fourth-order valence-corrected chi connectivity index (χ4v) is 2.38. The predicted octanol–water partition coefficient (Wildman–Crippen LogP) is 1.77. The molecule has 0 atom stereocenters. The highest BCUT2D eigenvalue weighted by Crippen LogP contribution is 2.24. The van der Waals surface area contributed by atoms with Crippen LogP contribution in [0.4, 0.5) is 5.82 Å².